The molecule has 0 aliphatic heterocycles. The Morgan fingerprint density at radius 3 is 2.47 bits per heavy atom. The Morgan fingerprint density at radius 1 is 1.40 bits per heavy atom. The highest BCUT2D eigenvalue weighted by atomic mass is 15.1. The standard InChI is InChI=1S/C12H27N3/c1-12(10-13,9-11-5-4-6-11)14-7-8-15(2)3/h11,14H,4-10,13H2,1-3H3. The van der Waals surface area contributed by atoms with Gasteiger partial charge in [0.2, 0.25) is 0 Å². The molecule has 0 radical (unpaired) electrons. The highest BCUT2D eigenvalue weighted by Crippen LogP contribution is 2.33. The monoisotopic (exact) mass is 213 g/mol. The molecule has 1 saturated carbocycles. The largest absolute Gasteiger partial charge is 0.329 e. The number of rotatable bonds is 7. The Hall–Kier alpha value is -0.120. The quantitative estimate of drug-likeness (QED) is 0.664. The minimum absolute atomic E-state index is 0.154. The first-order valence-electron chi connectivity index (χ1n) is 6.15. The van der Waals surface area contributed by atoms with Gasteiger partial charge in [0.05, 0.1) is 0 Å². The number of nitrogens with one attached hydrogen (secondary N) is 1. The van der Waals surface area contributed by atoms with Crippen LogP contribution in [0.3, 0.4) is 0 Å². The van der Waals surface area contributed by atoms with E-state index in [4.69, 9.17) is 5.73 Å². The van der Waals surface area contributed by atoms with E-state index >= 15 is 0 Å². The maximum Gasteiger partial charge on any atom is 0.0278 e. The predicted octanol–water partition coefficient (Wildman–Crippen LogP) is 1.05. The van der Waals surface area contributed by atoms with Crippen LogP contribution in [0.2, 0.25) is 0 Å². The van der Waals surface area contributed by atoms with E-state index < -0.39 is 0 Å². The maximum atomic E-state index is 5.87. The summed E-state index contributed by atoms with van der Waals surface area (Å²) in [6.07, 6.45) is 5.48. The van der Waals surface area contributed by atoms with Crippen LogP contribution in [0.1, 0.15) is 32.6 Å². The molecule has 0 heterocycles. The van der Waals surface area contributed by atoms with Gasteiger partial charge in [0.1, 0.15) is 0 Å². The van der Waals surface area contributed by atoms with Gasteiger partial charge >= 0.3 is 0 Å². The van der Waals surface area contributed by atoms with E-state index in [1.807, 2.05) is 0 Å². The fourth-order valence-corrected chi connectivity index (χ4v) is 2.14. The number of nitrogens with two attached hydrogens (primary N) is 1. The minimum atomic E-state index is 0.154. The van der Waals surface area contributed by atoms with Gasteiger partial charge in [0.15, 0.2) is 0 Å². The highest BCUT2D eigenvalue weighted by Gasteiger charge is 2.29. The van der Waals surface area contributed by atoms with E-state index in [1.54, 1.807) is 0 Å². The van der Waals surface area contributed by atoms with Gasteiger partial charge in [-0.25, -0.2) is 0 Å². The van der Waals surface area contributed by atoms with Crippen molar-refractivity contribution in [3.8, 4) is 0 Å². The third-order valence-electron chi connectivity index (χ3n) is 3.53. The summed E-state index contributed by atoms with van der Waals surface area (Å²) in [4.78, 5) is 2.20. The first-order chi connectivity index (χ1) is 7.06. The van der Waals surface area contributed by atoms with E-state index in [9.17, 15) is 0 Å². The number of hydrogen-bond acceptors (Lipinski definition) is 3. The third kappa shape index (κ3) is 4.49. The predicted molar refractivity (Wildman–Crippen MR) is 66.0 cm³/mol. The summed E-state index contributed by atoms with van der Waals surface area (Å²) in [6.45, 7) is 5.13. The van der Waals surface area contributed by atoms with Crippen molar-refractivity contribution in [3.05, 3.63) is 0 Å². The van der Waals surface area contributed by atoms with Gasteiger partial charge < -0.3 is 16.0 Å². The Bertz CT molecular complexity index is 178. The molecular weight excluding hydrogens is 186 g/mol. The Morgan fingerprint density at radius 2 is 2.07 bits per heavy atom. The summed E-state index contributed by atoms with van der Waals surface area (Å²) in [6, 6.07) is 0. The SMILES string of the molecule is CN(C)CCNC(C)(CN)CC1CCC1. The molecule has 3 heteroatoms. The third-order valence-corrected chi connectivity index (χ3v) is 3.53. The van der Waals surface area contributed by atoms with Crippen molar-refractivity contribution in [1.82, 2.24) is 10.2 Å². The number of hydrogen-bond donors (Lipinski definition) is 2. The van der Waals surface area contributed by atoms with Crippen LogP contribution in [0.25, 0.3) is 0 Å². The van der Waals surface area contributed by atoms with Crippen molar-refractivity contribution in [2.24, 2.45) is 11.7 Å². The maximum absolute atomic E-state index is 5.87. The molecule has 3 nitrogen and oxygen atoms in total. The molecule has 15 heavy (non-hydrogen) atoms. The van der Waals surface area contributed by atoms with Crippen molar-refractivity contribution in [2.75, 3.05) is 33.7 Å². The summed E-state index contributed by atoms with van der Waals surface area (Å²) >= 11 is 0. The molecule has 3 N–H and O–H groups in total. The van der Waals surface area contributed by atoms with Crippen LogP contribution in [-0.2, 0) is 0 Å². The van der Waals surface area contributed by atoms with Crippen LogP contribution >= 0.6 is 0 Å². The average molecular weight is 213 g/mol. The molecule has 1 aliphatic rings. The van der Waals surface area contributed by atoms with Gasteiger partial charge in [0.25, 0.3) is 0 Å². The fourth-order valence-electron chi connectivity index (χ4n) is 2.14. The lowest BCUT2D eigenvalue weighted by atomic mass is 9.76. The van der Waals surface area contributed by atoms with Gasteiger partial charge in [-0.1, -0.05) is 19.3 Å². The van der Waals surface area contributed by atoms with Crippen molar-refractivity contribution in [3.63, 3.8) is 0 Å². The van der Waals surface area contributed by atoms with E-state index in [0.29, 0.717) is 0 Å². The summed E-state index contributed by atoms with van der Waals surface area (Å²) in [5.41, 5.74) is 6.03. The van der Waals surface area contributed by atoms with Crippen LogP contribution in [0.15, 0.2) is 0 Å². The van der Waals surface area contributed by atoms with Crippen molar-refractivity contribution < 1.29 is 0 Å². The van der Waals surface area contributed by atoms with Gasteiger partial charge in [-0.15, -0.1) is 0 Å². The summed E-state index contributed by atoms with van der Waals surface area (Å²) in [5.74, 6) is 0.922. The molecule has 1 unspecified atom stereocenters. The van der Waals surface area contributed by atoms with E-state index in [0.717, 1.165) is 25.6 Å². The highest BCUT2D eigenvalue weighted by molar-refractivity contribution is 4.89. The van der Waals surface area contributed by atoms with Gasteiger partial charge in [0, 0.05) is 25.2 Å². The summed E-state index contributed by atoms with van der Waals surface area (Å²) in [5, 5.41) is 3.61. The van der Waals surface area contributed by atoms with Gasteiger partial charge in [-0.05, 0) is 33.4 Å². The van der Waals surface area contributed by atoms with Crippen LogP contribution in [0.4, 0.5) is 0 Å². The normalized spacial score (nSPS) is 21.4. The molecule has 1 rings (SSSR count). The lowest BCUT2D eigenvalue weighted by Gasteiger charge is -2.37. The topological polar surface area (TPSA) is 41.3 Å². The molecule has 90 valence electrons. The molecule has 1 atom stereocenters. The van der Waals surface area contributed by atoms with E-state index in [1.165, 1.54) is 25.7 Å². The van der Waals surface area contributed by atoms with Crippen molar-refractivity contribution in [1.29, 1.82) is 0 Å². The second-order valence-corrected chi connectivity index (χ2v) is 5.50. The Labute approximate surface area is 94.4 Å². The molecule has 1 fully saturated rings. The number of nitrogens with zero attached hydrogens (tertiary/aromatic N) is 1. The first-order valence-corrected chi connectivity index (χ1v) is 6.15. The van der Waals surface area contributed by atoms with Crippen molar-refractivity contribution >= 4 is 0 Å². The zero-order valence-corrected chi connectivity index (χ0v) is 10.6. The number of likely N-dealkylation sites (N-methyl/N-ethyl adjacent to an activating group) is 1. The lowest BCUT2D eigenvalue weighted by Crippen LogP contribution is -2.52. The van der Waals surface area contributed by atoms with E-state index in [2.05, 4.69) is 31.2 Å². The summed E-state index contributed by atoms with van der Waals surface area (Å²) in [7, 11) is 4.21. The van der Waals surface area contributed by atoms with Crippen LogP contribution < -0.4 is 11.1 Å². The molecule has 0 spiro atoms. The zero-order valence-electron chi connectivity index (χ0n) is 10.6. The average Bonchev–Trinajstić information content (AvgIpc) is 2.11. The van der Waals surface area contributed by atoms with Crippen LogP contribution in [0, 0.1) is 5.92 Å². The molecule has 0 aromatic heterocycles. The second-order valence-electron chi connectivity index (χ2n) is 5.50. The van der Waals surface area contributed by atoms with Crippen LogP contribution in [-0.4, -0.2) is 44.2 Å². The van der Waals surface area contributed by atoms with E-state index in [-0.39, 0.29) is 5.54 Å². The minimum Gasteiger partial charge on any atom is -0.329 e. The molecule has 0 aromatic rings. The lowest BCUT2D eigenvalue weighted by molar-refractivity contribution is 0.204. The van der Waals surface area contributed by atoms with Gasteiger partial charge in [-0.3, -0.25) is 0 Å². The van der Waals surface area contributed by atoms with Gasteiger partial charge in [-0.2, -0.15) is 0 Å². The fraction of sp³-hybridized carbons (Fsp3) is 1.00. The molecular formula is C12H27N3. The Kier molecular flexibility index (Phi) is 5.03. The zero-order chi connectivity index (χ0) is 11.3. The second kappa shape index (κ2) is 5.83. The van der Waals surface area contributed by atoms with Crippen molar-refractivity contribution in [2.45, 2.75) is 38.1 Å². The molecule has 1 aliphatic carbocycles. The smallest absolute Gasteiger partial charge is 0.0278 e. The first kappa shape index (κ1) is 12.9. The molecule has 0 aromatic carbocycles. The van der Waals surface area contributed by atoms with Crippen LogP contribution in [0.5, 0.6) is 0 Å². The Balaban J connectivity index is 2.24. The molecule has 0 saturated heterocycles. The summed E-state index contributed by atoms with van der Waals surface area (Å²) < 4.78 is 0. The molecule has 0 amide bonds. The molecule has 0 bridgehead atoms.